The molecule has 1 amide bonds. The first-order valence-electron chi connectivity index (χ1n) is 6.51. The highest BCUT2D eigenvalue weighted by molar-refractivity contribution is 7.18. The topological polar surface area (TPSA) is 100 Å². The Morgan fingerprint density at radius 2 is 2.26 bits per heavy atom. The van der Waals surface area contributed by atoms with Gasteiger partial charge in [-0.25, -0.2) is 4.98 Å². The van der Waals surface area contributed by atoms with Gasteiger partial charge in [0.15, 0.2) is 5.13 Å². The lowest BCUT2D eigenvalue weighted by atomic mass is 10.2. The number of amides is 1. The molecule has 1 aromatic rings. The van der Waals surface area contributed by atoms with Crippen LogP contribution in [0.1, 0.15) is 42.8 Å². The van der Waals surface area contributed by atoms with E-state index in [-0.39, 0.29) is 17.8 Å². The van der Waals surface area contributed by atoms with Gasteiger partial charge < -0.3 is 21.5 Å². The summed E-state index contributed by atoms with van der Waals surface area (Å²) in [6.07, 6.45) is 2.06. The molecule has 0 radical (unpaired) electrons. The Hall–Kier alpha value is -1.34. The fourth-order valence-electron chi connectivity index (χ4n) is 1.48. The quantitative estimate of drug-likeness (QED) is 0.542. The van der Waals surface area contributed by atoms with Crippen LogP contribution in [-0.4, -0.2) is 35.2 Å². The van der Waals surface area contributed by atoms with Crippen molar-refractivity contribution in [3.05, 3.63) is 4.88 Å². The number of nitrogens with two attached hydrogens (primary N) is 1. The minimum Gasteiger partial charge on any atom is -0.393 e. The average molecular weight is 286 g/mol. The largest absolute Gasteiger partial charge is 0.393 e. The third kappa shape index (κ3) is 5.44. The summed E-state index contributed by atoms with van der Waals surface area (Å²) >= 11 is 1.26. The number of hydrogen-bond donors (Lipinski definition) is 4. The molecule has 0 saturated heterocycles. The summed E-state index contributed by atoms with van der Waals surface area (Å²) in [6.45, 7) is 5.12. The molecule has 0 saturated carbocycles. The van der Waals surface area contributed by atoms with E-state index >= 15 is 0 Å². The molecule has 0 aliphatic carbocycles. The molecule has 1 aromatic heterocycles. The number of nitrogens with zero attached hydrogens (tertiary/aromatic N) is 1. The van der Waals surface area contributed by atoms with Crippen molar-refractivity contribution in [1.29, 1.82) is 0 Å². The van der Waals surface area contributed by atoms with Gasteiger partial charge in [0, 0.05) is 13.1 Å². The van der Waals surface area contributed by atoms with Gasteiger partial charge in [0.05, 0.1) is 6.10 Å². The Labute approximate surface area is 117 Å². The van der Waals surface area contributed by atoms with Crippen LogP contribution in [0.2, 0.25) is 0 Å². The summed E-state index contributed by atoms with van der Waals surface area (Å²) in [5.74, 6) is 0.0572. The number of rotatable bonds is 8. The van der Waals surface area contributed by atoms with E-state index in [9.17, 15) is 4.79 Å². The van der Waals surface area contributed by atoms with Crippen LogP contribution in [0, 0.1) is 0 Å². The fraction of sp³-hybridized carbons (Fsp3) is 0.667. The summed E-state index contributed by atoms with van der Waals surface area (Å²) in [7, 11) is 0. The molecular formula is C12H22N4O2S. The molecule has 0 aromatic carbocycles. The van der Waals surface area contributed by atoms with Crippen LogP contribution in [0.3, 0.4) is 0 Å². The van der Waals surface area contributed by atoms with Crippen LogP contribution in [0.25, 0.3) is 0 Å². The number of aromatic nitrogens is 1. The molecule has 0 bridgehead atoms. The second-order valence-corrected chi connectivity index (χ2v) is 5.41. The molecule has 1 heterocycles. The molecule has 0 spiro atoms. The summed E-state index contributed by atoms with van der Waals surface area (Å²) in [6, 6.07) is 0. The van der Waals surface area contributed by atoms with E-state index in [4.69, 9.17) is 10.8 Å². The molecule has 1 rings (SSSR count). The summed E-state index contributed by atoms with van der Waals surface area (Å²) in [5, 5.41) is 15.7. The zero-order valence-electron chi connectivity index (χ0n) is 11.4. The SMILES string of the molecule is CCCNc1nc(N)c(C(=O)NCCCC(C)O)s1. The van der Waals surface area contributed by atoms with Crippen molar-refractivity contribution in [2.24, 2.45) is 0 Å². The van der Waals surface area contributed by atoms with Crippen molar-refractivity contribution in [3.8, 4) is 0 Å². The van der Waals surface area contributed by atoms with E-state index in [1.54, 1.807) is 6.92 Å². The molecule has 0 aliphatic rings. The minimum absolute atomic E-state index is 0.204. The van der Waals surface area contributed by atoms with Crippen LogP contribution in [0.15, 0.2) is 0 Å². The average Bonchev–Trinajstić information content (AvgIpc) is 2.73. The maximum atomic E-state index is 11.9. The number of anilines is 2. The fourth-order valence-corrected chi connectivity index (χ4v) is 2.31. The molecule has 1 atom stereocenters. The molecular weight excluding hydrogens is 264 g/mol. The zero-order valence-corrected chi connectivity index (χ0v) is 12.2. The Kier molecular flexibility index (Phi) is 6.58. The van der Waals surface area contributed by atoms with Crippen molar-refractivity contribution in [1.82, 2.24) is 10.3 Å². The van der Waals surface area contributed by atoms with Gasteiger partial charge in [-0.05, 0) is 26.2 Å². The first kappa shape index (κ1) is 15.7. The highest BCUT2D eigenvalue weighted by Crippen LogP contribution is 2.24. The lowest BCUT2D eigenvalue weighted by Crippen LogP contribution is -2.25. The van der Waals surface area contributed by atoms with Crippen molar-refractivity contribution in [2.75, 3.05) is 24.1 Å². The van der Waals surface area contributed by atoms with E-state index < -0.39 is 0 Å². The Bertz CT molecular complexity index is 406. The molecule has 5 N–H and O–H groups in total. The van der Waals surface area contributed by atoms with Crippen LogP contribution in [0.4, 0.5) is 10.9 Å². The van der Waals surface area contributed by atoms with E-state index in [2.05, 4.69) is 22.5 Å². The highest BCUT2D eigenvalue weighted by atomic mass is 32.1. The summed E-state index contributed by atoms with van der Waals surface area (Å²) in [5.41, 5.74) is 5.72. The number of thiazole rings is 1. The highest BCUT2D eigenvalue weighted by Gasteiger charge is 2.15. The molecule has 0 aliphatic heterocycles. The number of aliphatic hydroxyl groups excluding tert-OH is 1. The molecule has 7 heteroatoms. The summed E-state index contributed by atoms with van der Waals surface area (Å²) in [4.78, 5) is 16.4. The third-order valence-electron chi connectivity index (χ3n) is 2.47. The minimum atomic E-state index is -0.338. The number of carbonyl (C=O) groups excluding carboxylic acids is 1. The van der Waals surface area contributed by atoms with Crippen LogP contribution < -0.4 is 16.4 Å². The van der Waals surface area contributed by atoms with E-state index in [1.807, 2.05) is 0 Å². The maximum Gasteiger partial charge on any atom is 0.265 e. The van der Waals surface area contributed by atoms with Crippen LogP contribution in [-0.2, 0) is 0 Å². The smallest absolute Gasteiger partial charge is 0.265 e. The van der Waals surface area contributed by atoms with E-state index in [1.165, 1.54) is 11.3 Å². The van der Waals surface area contributed by atoms with Gasteiger partial charge in [0.2, 0.25) is 0 Å². The van der Waals surface area contributed by atoms with Gasteiger partial charge in [0.25, 0.3) is 5.91 Å². The van der Waals surface area contributed by atoms with Crippen molar-refractivity contribution in [3.63, 3.8) is 0 Å². The Balaban J connectivity index is 2.45. The summed E-state index contributed by atoms with van der Waals surface area (Å²) < 4.78 is 0. The molecule has 6 nitrogen and oxygen atoms in total. The lowest BCUT2D eigenvalue weighted by Gasteiger charge is -2.05. The number of aliphatic hydroxyl groups is 1. The van der Waals surface area contributed by atoms with Crippen LogP contribution in [0.5, 0.6) is 0 Å². The third-order valence-corrected chi connectivity index (χ3v) is 3.50. The molecule has 0 fully saturated rings. The molecule has 1 unspecified atom stereocenters. The first-order valence-corrected chi connectivity index (χ1v) is 7.32. The second-order valence-electron chi connectivity index (χ2n) is 4.41. The van der Waals surface area contributed by atoms with Gasteiger partial charge >= 0.3 is 0 Å². The van der Waals surface area contributed by atoms with E-state index in [0.29, 0.717) is 23.0 Å². The van der Waals surface area contributed by atoms with Gasteiger partial charge in [-0.15, -0.1) is 0 Å². The number of carbonyl (C=O) groups is 1. The Morgan fingerprint density at radius 3 is 2.89 bits per heavy atom. The first-order chi connectivity index (χ1) is 9.04. The predicted molar refractivity (Wildman–Crippen MR) is 78.6 cm³/mol. The standard InChI is InChI=1S/C12H22N4O2S/c1-3-6-15-12-16-10(13)9(19-12)11(18)14-7-4-5-8(2)17/h8,17H,3-7,13H2,1-2H3,(H,14,18)(H,15,16). The lowest BCUT2D eigenvalue weighted by molar-refractivity contribution is 0.0954. The van der Waals surface area contributed by atoms with Gasteiger partial charge in [-0.2, -0.15) is 0 Å². The monoisotopic (exact) mass is 286 g/mol. The van der Waals surface area contributed by atoms with Gasteiger partial charge in [0.1, 0.15) is 10.7 Å². The zero-order chi connectivity index (χ0) is 14.3. The normalized spacial score (nSPS) is 12.2. The van der Waals surface area contributed by atoms with Gasteiger partial charge in [-0.1, -0.05) is 18.3 Å². The number of nitrogens with one attached hydrogen (secondary N) is 2. The van der Waals surface area contributed by atoms with Crippen molar-refractivity contribution >= 4 is 28.2 Å². The van der Waals surface area contributed by atoms with Crippen molar-refractivity contribution in [2.45, 2.75) is 39.2 Å². The number of hydrogen-bond acceptors (Lipinski definition) is 6. The Morgan fingerprint density at radius 1 is 1.53 bits per heavy atom. The predicted octanol–water partition coefficient (Wildman–Crippen LogP) is 1.44. The van der Waals surface area contributed by atoms with Crippen molar-refractivity contribution < 1.29 is 9.90 Å². The molecule has 19 heavy (non-hydrogen) atoms. The van der Waals surface area contributed by atoms with E-state index in [0.717, 1.165) is 19.4 Å². The maximum absolute atomic E-state index is 11.9. The van der Waals surface area contributed by atoms with Gasteiger partial charge in [-0.3, -0.25) is 4.79 Å². The second kappa shape index (κ2) is 7.96. The van der Waals surface area contributed by atoms with Crippen LogP contribution >= 0.6 is 11.3 Å². The molecule has 108 valence electrons. The number of nitrogen functional groups attached to an aromatic ring is 1.